The van der Waals surface area contributed by atoms with Crippen molar-refractivity contribution in [3.63, 3.8) is 0 Å². The number of aryl methyl sites for hydroxylation is 1. The van der Waals surface area contributed by atoms with Crippen LogP contribution in [0, 0.1) is 6.92 Å². The number of methoxy groups -OCH3 is 2. The molecule has 0 aliphatic rings. The molecule has 4 nitrogen and oxygen atoms in total. The Morgan fingerprint density at radius 3 is 2.69 bits per heavy atom. The Bertz CT molecular complexity index is 363. The van der Waals surface area contributed by atoms with Gasteiger partial charge in [-0.15, -0.1) is 0 Å². The minimum atomic E-state index is -0.210. The SMILES string of the molecule is COC(=O)CCNc1ccc(OC)cc1C. The smallest absolute Gasteiger partial charge is 0.307 e. The van der Waals surface area contributed by atoms with E-state index in [1.54, 1.807) is 7.11 Å². The van der Waals surface area contributed by atoms with Gasteiger partial charge in [0.05, 0.1) is 20.6 Å². The normalized spacial score (nSPS) is 9.69. The molecule has 0 fully saturated rings. The first-order valence-electron chi connectivity index (χ1n) is 5.12. The van der Waals surface area contributed by atoms with Gasteiger partial charge >= 0.3 is 5.97 Å². The Morgan fingerprint density at radius 1 is 1.38 bits per heavy atom. The first-order valence-corrected chi connectivity index (χ1v) is 5.12. The molecule has 0 aliphatic carbocycles. The fraction of sp³-hybridized carbons (Fsp3) is 0.417. The van der Waals surface area contributed by atoms with E-state index in [4.69, 9.17) is 4.74 Å². The van der Waals surface area contributed by atoms with E-state index in [-0.39, 0.29) is 5.97 Å². The summed E-state index contributed by atoms with van der Waals surface area (Å²) in [5.74, 6) is 0.620. The van der Waals surface area contributed by atoms with E-state index in [1.165, 1.54) is 7.11 Å². The highest BCUT2D eigenvalue weighted by atomic mass is 16.5. The third-order valence-corrected chi connectivity index (χ3v) is 2.31. The van der Waals surface area contributed by atoms with E-state index in [2.05, 4.69) is 10.1 Å². The summed E-state index contributed by atoms with van der Waals surface area (Å²) >= 11 is 0. The van der Waals surface area contributed by atoms with Gasteiger partial charge in [-0.2, -0.15) is 0 Å². The zero-order valence-electron chi connectivity index (χ0n) is 9.87. The standard InChI is InChI=1S/C12H17NO3/c1-9-8-10(15-2)4-5-11(9)13-7-6-12(14)16-3/h4-5,8,13H,6-7H2,1-3H3. The highest BCUT2D eigenvalue weighted by Crippen LogP contribution is 2.20. The molecule has 0 heterocycles. The van der Waals surface area contributed by atoms with Crippen LogP contribution >= 0.6 is 0 Å². The second-order valence-electron chi connectivity index (χ2n) is 3.43. The summed E-state index contributed by atoms with van der Waals surface area (Å²) < 4.78 is 9.66. The molecular weight excluding hydrogens is 206 g/mol. The average Bonchev–Trinajstić information content (AvgIpc) is 2.30. The number of nitrogens with one attached hydrogen (secondary N) is 1. The lowest BCUT2D eigenvalue weighted by Gasteiger charge is -2.10. The van der Waals surface area contributed by atoms with Crippen molar-refractivity contribution in [3.05, 3.63) is 23.8 Å². The monoisotopic (exact) mass is 223 g/mol. The molecule has 88 valence electrons. The Hall–Kier alpha value is -1.71. The molecule has 0 bridgehead atoms. The molecule has 0 saturated heterocycles. The summed E-state index contributed by atoms with van der Waals surface area (Å²) in [5, 5.41) is 3.17. The van der Waals surface area contributed by atoms with Crippen LogP contribution in [0.2, 0.25) is 0 Å². The van der Waals surface area contributed by atoms with Gasteiger partial charge in [-0.1, -0.05) is 0 Å². The Balaban J connectivity index is 2.51. The molecule has 0 aliphatic heterocycles. The van der Waals surface area contributed by atoms with E-state index in [0.29, 0.717) is 13.0 Å². The summed E-state index contributed by atoms with van der Waals surface area (Å²) in [6.45, 7) is 2.56. The number of carbonyl (C=O) groups excluding carboxylic acids is 1. The van der Waals surface area contributed by atoms with Crippen LogP contribution in [0.5, 0.6) is 5.75 Å². The van der Waals surface area contributed by atoms with Crippen molar-refractivity contribution in [2.24, 2.45) is 0 Å². The lowest BCUT2D eigenvalue weighted by molar-refractivity contribution is -0.140. The largest absolute Gasteiger partial charge is 0.497 e. The Labute approximate surface area is 95.6 Å². The van der Waals surface area contributed by atoms with Crippen molar-refractivity contribution >= 4 is 11.7 Å². The number of esters is 1. The topological polar surface area (TPSA) is 47.6 Å². The van der Waals surface area contributed by atoms with Crippen LogP contribution in [0.4, 0.5) is 5.69 Å². The van der Waals surface area contributed by atoms with Crippen molar-refractivity contribution in [3.8, 4) is 5.75 Å². The lowest BCUT2D eigenvalue weighted by Crippen LogP contribution is -2.10. The molecule has 0 amide bonds. The van der Waals surface area contributed by atoms with Crippen LogP contribution in [0.25, 0.3) is 0 Å². The number of carbonyl (C=O) groups is 1. The summed E-state index contributed by atoms with van der Waals surface area (Å²) in [4.78, 5) is 10.9. The van der Waals surface area contributed by atoms with Gasteiger partial charge in [0.1, 0.15) is 5.75 Å². The first-order chi connectivity index (χ1) is 7.67. The van der Waals surface area contributed by atoms with Crippen LogP contribution in [0.3, 0.4) is 0 Å². The number of benzene rings is 1. The van der Waals surface area contributed by atoms with Crippen LogP contribution in [-0.2, 0) is 9.53 Å². The average molecular weight is 223 g/mol. The summed E-state index contributed by atoms with van der Waals surface area (Å²) in [7, 11) is 3.03. The zero-order valence-corrected chi connectivity index (χ0v) is 9.87. The molecule has 1 aromatic carbocycles. The molecule has 0 spiro atoms. The molecule has 0 saturated carbocycles. The minimum absolute atomic E-state index is 0.210. The minimum Gasteiger partial charge on any atom is -0.497 e. The molecule has 0 radical (unpaired) electrons. The Kier molecular flexibility index (Phi) is 4.64. The highest BCUT2D eigenvalue weighted by Gasteiger charge is 2.02. The van der Waals surface area contributed by atoms with Crippen molar-refractivity contribution in [2.45, 2.75) is 13.3 Å². The van der Waals surface area contributed by atoms with Crippen molar-refractivity contribution in [2.75, 3.05) is 26.1 Å². The lowest BCUT2D eigenvalue weighted by atomic mass is 10.2. The van der Waals surface area contributed by atoms with Crippen LogP contribution in [0.15, 0.2) is 18.2 Å². The number of ether oxygens (including phenoxy) is 2. The van der Waals surface area contributed by atoms with Gasteiger partial charge in [-0.25, -0.2) is 0 Å². The third-order valence-electron chi connectivity index (χ3n) is 2.31. The van der Waals surface area contributed by atoms with Gasteiger partial charge in [0.25, 0.3) is 0 Å². The predicted octanol–water partition coefficient (Wildman–Crippen LogP) is 1.98. The van der Waals surface area contributed by atoms with Crippen LogP contribution in [-0.4, -0.2) is 26.7 Å². The summed E-state index contributed by atoms with van der Waals surface area (Å²) in [6.07, 6.45) is 0.363. The molecular formula is C12H17NO3. The molecule has 0 aromatic heterocycles. The van der Waals surface area contributed by atoms with E-state index in [9.17, 15) is 4.79 Å². The van der Waals surface area contributed by atoms with E-state index in [1.807, 2.05) is 25.1 Å². The number of anilines is 1. The number of hydrogen-bond acceptors (Lipinski definition) is 4. The van der Waals surface area contributed by atoms with Crippen LogP contribution in [0.1, 0.15) is 12.0 Å². The molecule has 1 rings (SSSR count). The molecule has 16 heavy (non-hydrogen) atoms. The first kappa shape index (κ1) is 12.4. The van der Waals surface area contributed by atoms with Crippen molar-refractivity contribution < 1.29 is 14.3 Å². The maximum Gasteiger partial charge on any atom is 0.307 e. The fourth-order valence-electron chi connectivity index (χ4n) is 1.36. The van der Waals surface area contributed by atoms with Gasteiger partial charge in [-0.3, -0.25) is 4.79 Å². The third kappa shape index (κ3) is 3.46. The quantitative estimate of drug-likeness (QED) is 0.775. The van der Waals surface area contributed by atoms with Gasteiger partial charge in [0, 0.05) is 12.2 Å². The Morgan fingerprint density at radius 2 is 2.12 bits per heavy atom. The number of hydrogen-bond donors (Lipinski definition) is 1. The van der Waals surface area contributed by atoms with E-state index in [0.717, 1.165) is 17.0 Å². The molecule has 1 aromatic rings. The summed E-state index contributed by atoms with van der Waals surface area (Å²) in [5.41, 5.74) is 2.09. The maximum atomic E-state index is 10.9. The van der Waals surface area contributed by atoms with Crippen molar-refractivity contribution in [1.29, 1.82) is 0 Å². The maximum absolute atomic E-state index is 10.9. The van der Waals surface area contributed by atoms with Gasteiger partial charge < -0.3 is 14.8 Å². The van der Waals surface area contributed by atoms with Gasteiger partial charge in [0.15, 0.2) is 0 Å². The molecule has 4 heteroatoms. The summed E-state index contributed by atoms with van der Waals surface area (Å²) in [6, 6.07) is 5.76. The van der Waals surface area contributed by atoms with E-state index < -0.39 is 0 Å². The van der Waals surface area contributed by atoms with Gasteiger partial charge in [-0.05, 0) is 30.7 Å². The van der Waals surface area contributed by atoms with Gasteiger partial charge in [0.2, 0.25) is 0 Å². The van der Waals surface area contributed by atoms with Crippen LogP contribution < -0.4 is 10.1 Å². The second kappa shape index (κ2) is 6.00. The zero-order chi connectivity index (χ0) is 12.0. The fourth-order valence-corrected chi connectivity index (χ4v) is 1.36. The second-order valence-corrected chi connectivity index (χ2v) is 3.43. The van der Waals surface area contributed by atoms with Crippen molar-refractivity contribution in [1.82, 2.24) is 0 Å². The molecule has 0 unspecified atom stereocenters. The molecule has 0 atom stereocenters. The highest BCUT2D eigenvalue weighted by molar-refractivity contribution is 5.70. The molecule has 1 N–H and O–H groups in total. The van der Waals surface area contributed by atoms with E-state index >= 15 is 0 Å². The number of rotatable bonds is 5. The predicted molar refractivity (Wildman–Crippen MR) is 62.9 cm³/mol.